The van der Waals surface area contributed by atoms with Crippen LogP contribution in [-0.2, 0) is 270 Å². The molecule has 34 heteroatoms. The molecule has 0 atom stereocenters. The molecule has 11 aromatic heterocycles. The third kappa shape index (κ3) is 23.1. The van der Waals surface area contributed by atoms with E-state index in [1.54, 1.807) is 72.1 Å². The number of ether oxygens (including phenoxy) is 1. The molecule has 0 aliphatic rings. The van der Waals surface area contributed by atoms with E-state index in [9.17, 15) is 43.9 Å². The Balaban J connectivity index is 0.000000350. The number of alkyl halides is 3. The quantitative estimate of drug-likeness (QED) is 0.0403. The van der Waals surface area contributed by atoms with Crippen molar-refractivity contribution in [2.45, 2.75) is 32.7 Å². The van der Waals surface area contributed by atoms with Crippen LogP contribution in [0.4, 0.5) is 43.9 Å². The molecule has 23 aromatic rings. The Morgan fingerprint density at radius 1 is 0.380 bits per heavy atom. The predicted molar refractivity (Wildman–Crippen MR) is 491 cm³/mol. The average molecular weight is 3120 g/mol. The Kier molecular flexibility index (Phi) is 46.1. The number of para-hydroxylation sites is 4. The van der Waals surface area contributed by atoms with Crippen molar-refractivity contribution in [1.29, 1.82) is 0 Å². The summed E-state index contributed by atoms with van der Waals surface area (Å²) in [6.45, 7) is 8.19. The number of imidazole rings is 5. The minimum absolute atomic E-state index is 0. The molecule has 0 amide bonds. The van der Waals surface area contributed by atoms with E-state index >= 15 is 0 Å². The number of methoxy groups -OCH3 is 1. The summed E-state index contributed by atoms with van der Waals surface area (Å²) in [5, 5.41) is 13.4. The number of halogens is 10. The molecule has 0 spiro atoms. The molecule has 0 unspecified atom stereocenters. The van der Waals surface area contributed by atoms with Gasteiger partial charge in [-0.05, 0) is 119 Å². The SMILES string of the molecule is COc1cnc2c3[c-]cc(F)cc3c3cc(F)ccc3n12.C[Si](C)(C)Oc1cn2c3ccccc3c3ccc[c-]c3c2n1.Cc1cccc(C(F)(F)F)c1-c1cnc2c3[c-]cccc3c3ccccc3n12.Fc1c(F)c(F)c(-c2cnc3c4[c-]cccc4c4ccccc4n23)c(F)c1F.[CH3-].[CH3-].[CH3-].[CH3-].[CH3-].[Ir].[Ir].[Ir].[Ir].[Ir].[Y].[Y].[Y].[Y].[Y].[c-]1cccc2c1c1nccn1c1c(-c3ccncc3)cccc21. The van der Waals surface area contributed by atoms with E-state index in [0.717, 1.165) is 77.9 Å². The van der Waals surface area contributed by atoms with Crippen molar-refractivity contribution >= 4 is 145 Å². The van der Waals surface area contributed by atoms with Gasteiger partial charge in [-0.1, -0.05) is 117 Å². The van der Waals surface area contributed by atoms with E-state index in [1.807, 2.05) is 114 Å². The van der Waals surface area contributed by atoms with E-state index in [4.69, 9.17) is 14.1 Å². The first-order chi connectivity index (χ1) is 59.1. The first kappa shape index (κ1) is 123. The molecular weight excluding hydrogens is 3050 g/mol. The van der Waals surface area contributed by atoms with Crippen LogP contribution in [0.5, 0.6) is 11.8 Å². The molecule has 0 bridgehead atoms. The third-order valence-electron chi connectivity index (χ3n) is 21.3. The molecule has 23 rings (SSSR count). The van der Waals surface area contributed by atoms with Gasteiger partial charge < -0.3 is 68.3 Å². The second kappa shape index (κ2) is 51.3. The maximum absolute atomic E-state index is 14.4. The summed E-state index contributed by atoms with van der Waals surface area (Å²) in [5.41, 5.74) is 9.22. The van der Waals surface area contributed by atoms with Crippen LogP contribution < -0.4 is 9.16 Å². The van der Waals surface area contributed by atoms with Crippen LogP contribution in [0.25, 0.3) is 170 Å². The van der Waals surface area contributed by atoms with Gasteiger partial charge in [0, 0.05) is 346 Å². The molecule has 137 heavy (non-hydrogen) atoms. The molecule has 12 aromatic carbocycles. The van der Waals surface area contributed by atoms with Crippen LogP contribution in [0.2, 0.25) is 19.6 Å². The zero-order valence-electron chi connectivity index (χ0n) is 74.5. The van der Waals surface area contributed by atoms with Crippen LogP contribution >= 0.6 is 0 Å². The molecular formula is C103H75F10Ir5N11O2SiY5-10. The summed E-state index contributed by atoms with van der Waals surface area (Å²) in [7, 11) is -0.143. The zero-order valence-corrected chi connectivity index (χ0v) is 102. The number of hydrogen-bond donors (Lipinski definition) is 0. The predicted octanol–water partition coefficient (Wildman–Crippen LogP) is 27.4. The van der Waals surface area contributed by atoms with Gasteiger partial charge in [-0.25, -0.2) is 31.3 Å². The molecule has 0 fully saturated rings. The molecule has 0 aliphatic carbocycles. The Labute approximate surface area is 978 Å². The van der Waals surface area contributed by atoms with E-state index in [0.29, 0.717) is 72.5 Å². The topological polar surface area (TPSA) is 118 Å². The van der Waals surface area contributed by atoms with Gasteiger partial charge in [0.15, 0.2) is 23.3 Å². The number of aromatic nitrogens is 11. The Morgan fingerprint density at radius 2 is 0.810 bits per heavy atom. The fourth-order valence-electron chi connectivity index (χ4n) is 16.3. The summed E-state index contributed by atoms with van der Waals surface area (Å²) in [5.74, 6) is -9.58. The van der Waals surface area contributed by atoms with Crippen LogP contribution in [0.15, 0.2) is 274 Å². The van der Waals surface area contributed by atoms with Crippen molar-refractivity contribution in [1.82, 2.24) is 51.9 Å². The van der Waals surface area contributed by atoms with Crippen LogP contribution in [0.3, 0.4) is 0 Å². The maximum Gasteiger partial charge on any atom is 0.417 e. The van der Waals surface area contributed by atoms with Crippen molar-refractivity contribution in [3.05, 3.63) is 393 Å². The summed E-state index contributed by atoms with van der Waals surface area (Å²) < 4.78 is 159. The summed E-state index contributed by atoms with van der Waals surface area (Å²) in [6, 6.07) is 83.7. The molecule has 0 N–H and O–H groups in total. The minimum Gasteiger partial charge on any atom is -0.531 e. The number of benzene rings is 12. The minimum atomic E-state index is -4.45. The van der Waals surface area contributed by atoms with Crippen LogP contribution in [-0.4, -0.2) is 67.3 Å². The van der Waals surface area contributed by atoms with E-state index < -0.39 is 60.5 Å². The van der Waals surface area contributed by atoms with Crippen LogP contribution in [0, 0.1) is 115 Å². The fourth-order valence-corrected chi connectivity index (χ4v) is 17.0. The van der Waals surface area contributed by atoms with Crippen molar-refractivity contribution in [2.24, 2.45) is 0 Å². The molecule has 13 nitrogen and oxygen atoms in total. The normalized spacial score (nSPS) is 10.6. The van der Waals surface area contributed by atoms with Gasteiger partial charge in [-0.3, -0.25) is 29.3 Å². The number of hydrogen-bond acceptors (Lipinski definition) is 8. The number of rotatable bonds is 6. The Morgan fingerprint density at radius 3 is 1.34 bits per heavy atom. The van der Waals surface area contributed by atoms with Crippen molar-refractivity contribution < 1.29 is 317 Å². The van der Waals surface area contributed by atoms with Gasteiger partial charge in [0.25, 0.3) is 0 Å². The second-order valence-electron chi connectivity index (χ2n) is 29.7. The summed E-state index contributed by atoms with van der Waals surface area (Å²) >= 11 is 0. The number of aryl methyl sites for hydroxylation is 1. The largest absolute Gasteiger partial charge is 0.531 e. The molecule has 10 radical (unpaired) electrons. The zero-order chi connectivity index (χ0) is 84.1. The molecule has 0 saturated heterocycles. The number of nitrogens with zero attached hydrogens (tertiary/aromatic N) is 11. The van der Waals surface area contributed by atoms with Crippen molar-refractivity contribution in [3.63, 3.8) is 0 Å². The third-order valence-corrected chi connectivity index (χ3v) is 22.1. The standard InChI is InChI=1S/C23H14F3N2.C21H8F5N2.C20H12N3.C18H17N2OSi.C16H9F2N2O.5CH3.5Ir.5Y/c1-14-7-6-11-18(23(24,25)26)21(14)20-13-27-22-17-10-3-2-8-15(17)16-9-4-5-12-19(16)28(20)22;22-16-15(17(23)19(25)20(26)18(16)24)14-9-27-21-12-7-2-1-5-10(12)11-6-3-4-8-13(11)28(14)21;1-2-5-18-16(4-1)17-7-3-6-15(14-8-10-21-11-9-14)19(17)23-13-12-22-20(18)23;1-22(2,3)21-17-12-20-16-11-7-6-9-14(16)13-8-4-5-10-15(13)18(20)19-17;1-21-15-8-19-16-11-4-2-9(17)6-12(11)13-7-10(18)3-5-14(13)20(15)16;;;;;;;;;;;;;;;/h2-9,11-13H,1H3;1-6,8-9H;1-4,6-13H;4-9,11-12H,1-3H3;2-3,5-8H,1H3;5*1H3;;;;;;;;;;/q10*-1;;;;;;;;;;. The maximum atomic E-state index is 14.4. The van der Waals surface area contributed by atoms with E-state index in [2.05, 4.69) is 138 Å². The van der Waals surface area contributed by atoms with Gasteiger partial charge in [-0.15, -0.1) is 137 Å². The molecule has 698 valence electrons. The van der Waals surface area contributed by atoms with E-state index in [1.165, 1.54) is 80.7 Å². The number of pyridine rings is 6. The smallest absolute Gasteiger partial charge is 0.417 e. The fraction of sp³-hybridized carbons (Fsp3) is 0.0583. The molecule has 0 aliphatic heterocycles. The van der Waals surface area contributed by atoms with Gasteiger partial charge >= 0.3 is 6.18 Å². The van der Waals surface area contributed by atoms with Crippen LogP contribution in [0.1, 0.15) is 11.1 Å². The van der Waals surface area contributed by atoms with Crippen molar-refractivity contribution in [3.8, 4) is 45.4 Å². The number of fused-ring (bicyclic) bond motifs is 30. The first-order valence-electron chi connectivity index (χ1n) is 38.3. The van der Waals surface area contributed by atoms with Gasteiger partial charge in [0.2, 0.25) is 25.9 Å². The second-order valence-corrected chi connectivity index (χ2v) is 34.1. The van der Waals surface area contributed by atoms with E-state index in [-0.39, 0.29) is 318 Å². The monoisotopic (exact) mass is 3120 g/mol. The molecule has 0 saturated carbocycles. The van der Waals surface area contributed by atoms with Gasteiger partial charge in [0.05, 0.1) is 70.3 Å². The Hall–Kier alpha value is -6.28. The molecule has 11 heterocycles. The van der Waals surface area contributed by atoms with Gasteiger partial charge in [0.1, 0.15) is 5.82 Å². The summed E-state index contributed by atoms with van der Waals surface area (Å²) in [4.78, 5) is 26.4. The van der Waals surface area contributed by atoms with Crippen molar-refractivity contribution in [2.75, 3.05) is 7.11 Å². The van der Waals surface area contributed by atoms with Gasteiger partial charge in [-0.2, -0.15) is 13.2 Å². The first-order valence-corrected chi connectivity index (χ1v) is 41.7. The Bertz CT molecular complexity index is 8120. The average Bonchev–Trinajstić information content (AvgIpc) is 1.62. The summed E-state index contributed by atoms with van der Waals surface area (Å²) in [6.07, 6.45) is 9.26.